The van der Waals surface area contributed by atoms with Crippen LogP contribution in [-0.2, 0) is 4.79 Å². The minimum absolute atomic E-state index is 0.0916. The van der Waals surface area contributed by atoms with Gasteiger partial charge in [-0.05, 0) is 24.3 Å². The molecule has 0 unspecified atom stereocenters. The molecule has 0 radical (unpaired) electrons. The van der Waals surface area contributed by atoms with Crippen LogP contribution in [0.3, 0.4) is 0 Å². The summed E-state index contributed by atoms with van der Waals surface area (Å²) in [5, 5.41) is 11.6. The van der Waals surface area contributed by atoms with E-state index in [9.17, 15) is 24.0 Å². The Morgan fingerprint density at radius 3 is 1.71 bits per heavy atom. The standard InChI is InChI=1S/C16H8N2O6/c19-10(20)5-18-15(23)8-3-1-6-11-7(14(22)17-13(6)21)2-4-9(12(8)11)16(18)24/h1-4H,5H2,(H,19,20)(H,17,21,22). The van der Waals surface area contributed by atoms with Gasteiger partial charge < -0.3 is 5.11 Å². The molecule has 4 amide bonds. The van der Waals surface area contributed by atoms with Gasteiger partial charge in [0.25, 0.3) is 23.6 Å². The molecule has 0 aliphatic carbocycles. The fourth-order valence-corrected chi connectivity index (χ4v) is 3.13. The summed E-state index contributed by atoms with van der Waals surface area (Å²) in [4.78, 5) is 60.5. The normalized spacial score (nSPS) is 15.8. The van der Waals surface area contributed by atoms with Crippen molar-refractivity contribution >= 4 is 40.4 Å². The fraction of sp³-hybridized carbons (Fsp3) is 0.0625. The van der Waals surface area contributed by atoms with Crippen LogP contribution in [0, 0.1) is 0 Å². The molecule has 8 nitrogen and oxygen atoms in total. The Morgan fingerprint density at radius 2 is 1.25 bits per heavy atom. The summed E-state index contributed by atoms with van der Waals surface area (Å²) >= 11 is 0. The van der Waals surface area contributed by atoms with Crippen LogP contribution in [0.5, 0.6) is 0 Å². The van der Waals surface area contributed by atoms with Gasteiger partial charge in [0.15, 0.2) is 0 Å². The van der Waals surface area contributed by atoms with Gasteiger partial charge in [0.05, 0.1) is 0 Å². The van der Waals surface area contributed by atoms with Crippen molar-refractivity contribution < 1.29 is 29.1 Å². The first kappa shape index (κ1) is 14.1. The predicted octanol–water partition coefficient (Wildman–Crippen LogP) is 0.404. The number of amides is 4. The number of benzene rings is 2. The third kappa shape index (κ3) is 1.64. The third-order valence-corrected chi connectivity index (χ3v) is 4.12. The Labute approximate surface area is 133 Å². The first-order chi connectivity index (χ1) is 11.4. The second-order valence-electron chi connectivity index (χ2n) is 5.44. The molecule has 0 fully saturated rings. The van der Waals surface area contributed by atoms with Gasteiger partial charge in [0, 0.05) is 33.0 Å². The van der Waals surface area contributed by atoms with Gasteiger partial charge in [-0.2, -0.15) is 0 Å². The Bertz CT molecular complexity index is 954. The minimum Gasteiger partial charge on any atom is -0.480 e. The lowest BCUT2D eigenvalue weighted by Gasteiger charge is -2.28. The van der Waals surface area contributed by atoms with Crippen molar-refractivity contribution in [3.05, 3.63) is 46.5 Å². The molecule has 4 rings (SSSR count). The van der Waals surface area contributed by atoms with E-state index >= 15 is 0 Å². The minimum atomic E-state index is -1.32. The molecule has 2 aliphatic heterocycles. The molecule has 0 atom stereocenters. The van der Waals surface area contributed by atoms with E-state index in [-0.39, 0.29) is 33.0 Å². The van der Waals surface area contributed by atoms with E-state index < -0.39 is 36.1 Å². The summed E-state index contributed by atoms with van der Waals surface area (Å²) in [5.74, 6) is -4.07. The summed E-state index contributed by atoms with van der Waals surface area (Å²) < 4.78 is 0. The maximum atomic E-state index is 12.5. The van der Waals surface area contributed by atoms with Crippen molar-refractivity contribution in [1.82, 2.24) is 10.2 Å². The number of aliphatic carboxylic acids is 1. The highest BCUT2D eigenvalue weighted by molar-refractivity contribution is 6.33. The SMILES string of the molecule is O=C(O)CN1C(=O)c2ccc3c4c(ccc(c24)C1=O)C(=O)NC3=O. The van der Waals surface area contributed by atoms with Gasteiger partial charge in [0.2, 0.25) is 0 Å². The van der Waals surface area contributed by atoms with Gasteiger partial charge in [-0.25, -0.2) is 0 Å². The van der Waals surface area contributed by atoms with Crippen molar-refractivity contribution in [2.75, 3.05) is 6.54 Å². The first-order valence-electron chi connectivity index (χ1n) is 6.93. The number of carbonyl (C=O) groups is 5. The quantitative estimate of drug-likeness (QED) is 0.772. The zero-order chi connectivity index (χ0) is 17.2. The predicted molar refractivity (Wildman–Crippen MR) is 78.7 cm³/mol. The monoisotopic (exact) mass is 324 g/mol. The number of hydrogen-bond donors (Lipinski definition) is 2. The number of rotatable bonds is 2. The van der Waals surface area contributed by atoms with E-state index in [1.165, 1.54) is 24.3 Å². The molecule has 0 saturated carbocycles. The van der Waals surface area contributed by atoms with Crippen molar-refractivity contribution in [3.63, 3.8) is 0 Å². The van der Waals surface area contributed by atoms with Crippen molar-refractivity contribution in [1.29, 1.82) is 0 Å². The molecule has 2 heterocycles. The molecule has 0 bridgehead atoms. The lowest BCUT2D eigenvalue weighted by Crippen LogP contribution is -2.44. The van der Waals surface area contributed by atoms with Gasteiger partial charge in [-0.1, -0.05) is 0 Å². The van der Waals surface area contributed by atoms with Crippen LogP contribution < -0.4 is 5.32 Å². The highest BCUT2D eigenvalue weighted by atomic mass is 16.4. The van der Waals surface area contributed by atoms with Crippen LogP contribution in [0.1, 0.15) is 41.4 Å². The average molecular weight is 324 g/mol. The van der Waals surface area contributed by atoms with E-state index in [4.69, 9.17) is 5.11 Å². The number of carbonyl (C=O) groups excluding carboxylic acids is 4. The second-order valence-corrected chi connectivity index (χ2v) is 5.44. The molecule has 24 heavy (non-hydrogen) atoms. The van der Waals surface area contributed by atoms with Gasteiger partial charge >= 0.3 is 5.97 Å². The Kier molecular flexibility index (Phi) is 2.63. The topological polar surface area (TPSA) is 121 Å². The highest BCUT2D eigenvalue weighted by Gasteiger charge is 2.37. The maximum absolute atomic E-state index is 12.5. The molecule has 8 heteroatoms. The Morgan fingerprint density at radius 1 is 0.833 bits per heavy atom. The number of carboxylic acid groups (broad SMARTS) is 1. The number of hydrogen-bond acceptors (Lipinski definition) is 5. The summed E-state index contributed by atoms with van der Waals surface area (Å²) in [6.07, 6.45) is 0. The molecule has 0 saturated heterocycles. The Balaban J connectivity index is 2.08. The number of nitrogens with zero attached hydrogens (tertiary/aromatic N) is 1. The molecule has 0 spiro atoms. The van der Waals surface area contributed by atoms with Crippen LogP contribution in [0.15, 0.2) is 24.3 Å². The number of nitrogens with one attached hydrogen (secondary N) is 1. The van der Waals surface area contributed by atoms with E-state index in [0.29, 0.717) is 4.90 Å². The van der Waals surface area contributed by atoms with Crippen LogP contribution in [-0.4, -0.2) is 46.1 Å². The van der Waals surface area contributed by atoms with Crippen molar-refractivity contribution in [2.45, 2.75) is 0 Å². The summed E-state index contributed by atoms with van der Waals surface area (Å²) in [5.41, 5.74) is 0.567. The maximum Gasteiger partial charge on any atom is 0.323 e. The Hall–Kier alpha value is -3.55. The molecule has 2 aliphatic rings. The van der Waals surface area contributed by atoms with Gasteiger partial charge in [0.1, 0.15) is 6.54 Å². The summed E-state index contributed by atoms with van der Waals surface area (Å²) in [7, 11) is 0. The summed E-state index contributed by atoms with van der Waals surface area (Å²) in [6.45, 7) is -0.762. The second kappa shape index (κ2) is 4.48. The van der Waals surface area contributed by atoms with E-state index in [2.05, 4.69) is 5.32 Å². The molecular formula is C16H8N2O6. The molecule has 0 aromatic heterocycles. The molecule has 2 aromatic rings. The number of imide groups is 2. The van der Waals surface area contributed by atoms with Gasteiger partial charge in [-0.3, -0.25) is 34.2 Å². The van der Waals surface area contributed by atoms with Crippen LogP contribution in [0.25, 0.3) is 10.8 Å². The van der Waals surface area contributed by atoms with E-state index in [1.54, 1.807) is 0 Å². The molecule has 118 valence electrons. The van der Waals surface area contributed by atoms with Crippen LogP contribution >= 0.6 is 0 Å². The molecule has 2 N–H and O–H groups in total. The average Bonchev–Trinajstić information content (AvgIpc) is 2.54. The molecular weight excluding hydrogens is 316 g/mol. The molecule has 2 aromatic carbocycles. The number of carboxylic acids is 1. The fourth-order valence-electron chi connectivity index (χ4n) is 3.13. The van der Waals surface area contributed by atoms with E-state index in [1.807, 2.05) is 0 Å². The van der Waals surface area contributed by atoms with Crippen molar-refractivity contribution in [3.8, 4) is 0 Å². The lowest BCUT2D eigenvalue weighted by molar-refractivity contribution is -0.137. The summed E-state index contributed by atoms with van der Waals surface area (Å²) in [6, 6.07) is 5.51. The van der Waals surface area contributed by atoms with Gasteiger partial charge in [-0.15, -0.1) is 0 Å². The lowest BCUT2D eigenvalue weighted by atomic mass is 9.86. The largest absolute Gasteiger partial charge is 0.480 e. The van der Waals surface area contributed by atoms with Crippen LogP contribution in [0.2, 0.25) is 0 Å². The van der Waals surface area contributed by atoms with E-state index in [0.717, 1.165) is 0 Å². The first-order valence-corrected chi connectivity index (χ1v) is 6.93. The highest BCUT2D eigenvalue weighted by Crippen LogP contribution is 2.35. The smallest absolute Gasteiger partial charge is 0.323 e. The zero-order valence-corrected chi connectivity index (χ0v) is 12.0. The van der Waals surface area contributed by atoms with Crippen molar-refractivity contribution in [2.24, 2.45) is 0 Å². The zero-order valence-electron chi connectivity index (χ0n) is 12.0. The van der Waals surface area contributed by atoms with Crippen LogP contribution in [0.4, 0.5) is 0 Å². The third-order valence-electron chi connectivity index (χ3n) is 4.12.